The van der Waals surface area contributed by atoms with Gasteiger partial charge in [-0.3, -0.25) is 14.6 Å². The highest BCUT2D eigenvalue weighted by atomic mass is 16.6. The van der Waals surface area contributed by atoms with Gasteiger partial charge in [0.2, 0.25) is 0 Å². The summed E-state index contributed by atoms with van der Waals surface area (Å²) in [5, 5.41) is 11.7. The maximum absolute atomic E-state index is 12.3. The summed E-state index contributed by atoms with van der Waals surface area (Å²) in [5.74, 6) is -0.172. The van der Waals surface area contributed by atoms with Crippen LogP contribution in [0.4, 0.5) is 10.5 Å². The number of nitrogens with two attached hydrogens (primary N) is 1. The second-order valence-corrected chi connectivity index (χ2v) is 7.12. The van der Waals surface area contributed by atoms with Crippen LogP contribution in [0.15, 0.2) is 29.4 Å². The van der Waals surface area contributed by atoms with Gasteiger partial charge in [-0.2, -0.15) is 0 Å². The first-order valence-electron chi connectivity index (χ1n) is 9.57. The predicted octanol–water partition coefficient (Wildman–Crippen LogP) is 0.287. The van der Waals surface area contributed by atoms with Gasteiger partial charge in [-0.25, -0.2) is 4.79 Å². The Bertz CT molecular complexity index is 746. The molecule has 2 saturated heterocycles. The van der Waals surface area contributed by atoms with Crippen molar-refractivity contribution in [3.05, 3.63) is 29.8 Å². The molecule has 2 fully saturated rings. The molecule has 0 aliphatic carbocycles. The van der Waals surface area contributed by atoms with E-state index >= 15 is 0 Å². The molecule has 1 unspecified atom stereocenters. The van der Waals surface area contributed by atoms with Crippen molar-refractivity contribution in [2.75, 3.05) is 57.8 Å². The molecule has 1 aromatic carbocycles. The monoisotopic (exact) mass is 405 g/mol. The summed E-state index contributed by atoms with van der Waals surface area (Å²) >= 11 is 0. The summed E-state index contributed by atoms with van der Waals surface area (Å²) in [6, 6.07) is 6.88. The van der Waals surface area contributed by atoms with E-state index < -0.39 is 0 Å². The summed E-state index contributed by atoms with van der Waals surface area (Å²) in [5.41, 5.74) is 6.85. The van der Waals surface area contributed by atoms with E-state index in [4.69, 9.17) is 15.7 Å². The molecule has 1 aromatic rings. The molecule has 0 radical (unpaired) electrons. The number of esters is 1. The number of amidine groups is 1. The molecule has 0 spiro atoms. The summed E-state index contributed by atoms with van der Waals surface area (Å²) in [6.07, 6.45) is -0.170. The first kappa shape index (κ1) is 20.9. The number of hydrogen-bond acceptors (Lipinski definition) is 8. The normalized spacial score (nSPS) is 21.3. The Labute approximate surface area is 169 Å². The summed E-state index contributed by atoms with van der Waals surface area (Å²) in [7, 11) is 1.40. The van der Waals surface area contributed by atoms with E-state index in [1.54, 1.807) is 29.2 Å². The first-order chi connectivity index (χ1) is 14.0. The molecular weight excluding hydrogens is 378 g/mol. The molecular formula is C19H27N5O5. The number of cyclic esters (lactones) is 1. The van der Waals surface area contributed by atoms with Crippen molar-refractivity contribution in [2.24, 2.45) is 10.9 Å². The third-order valence-electron chi connectivity index (χ3n) is 5.24. The van der Waals surface area contributed by atoms with E-state index in [0.717, 1.165) is 26.2 Å². The largest absolute Gasteiger partial charge is 0.469 e. The third-order valence-corrected chi connectivity index (χ3v) is 5.24. The Balaban J connectivity index is 1.47. The van der Waals surface area contributed by atoms with Crippen LogP contribution in [0.25, 0.3) is 0 Å². The second kappa shape index (κ2) is 9.57. The van der Waals surface area contributed by atoms with Crippen molar-refractivity contribution in [3.8, 4) is 0 Å². The fraction of sp³-hybridized carbons (Fsp3) is 0.526. The van der Waals surface area contributed by atoms with Crippen LogP contribution < -0.4 is 10.6 Å². The first-order valence-corrected chi connectivity index (χ1v) is 9.57. The number of oxime groups is 1. The number of anilines is 1. The molecule has 3 N–H and O–H groups in total. The number of amides is 1. The highest BCUT2D eigenvalue weighted by Crippen LogP contribution is 2.23. The zero-order valence-electron chi connectivity index (χ0n) is 16.5. The van der Waals surface area contributed by atoms with Gasteiger partial charge in [0.05, 0.1) is 20.1 Å². The fourth-order valence-corrected chi connectivity index (χ4v) is 3.53. The number of methoxy groups -OCH3 is 1. The molecule has 10 nitrogen and oxygen atoms in total. The van der Waals surface area contributed by atoms with Gasteiger partial charge < -0.3 is 25.3 Å². The van der Waals surface area contributed by atoms with Gasteiger partial charge in [-0.1, -0.05) is 5.16 Å². The standard InChI is InChI=1S/C19H27N5O5/c1-28-17(25)6-7-22-8-10-23(11-9-22)12-16-13-24(19(26)29-16)15-4-2-14(3-5-15)18(20)21-27/h2-5,16,27H,6-13H2,1H3,(H2,20,21). The van der Waals surface area contributed by atoms with E-state index in [-0.39, 0.29) is 24.0 Å². The molecule has 0 saturated carbocycles. The van der Waals surface area contributed by atoms with Crippen LogP contribution in [-0.4, -0.2) is 91.9 Å². The van der Waals surface area contributed by atoms with Gasteiger partial charge in [-0.05, 0) is 24.3 Å². The zero-order valence-corrected chi connectivity index (χ0v) is 16.5. The van der Waals surface area contributed by atoms with Crippen molar-refractivity contribution in [1.29, 1.82) is 0 Å². The van der Waals surface area contributed by atoms with Gasteiger partial charge in [0, 0.05) is 50.5 Å². The molecule has 2 heterocycles. The maximum atomic E-state index is 12.3. The van der Waals surface area contributed by atoms with Gasteiger partial charge in [0.15, 0.2) is 5.84 Å². The highest BCUT2D eigenvalue weighted by molar-refractivity contribution is 5.98. The van der Waals surface area contributed by atoms with Gasteiger partial charge >= 0.3 is 12.1 Å². The molecule has 3 rings (SSSR count). The van der Waals surface area contributed by atoms with Crippen LogP contribution in [0.2, 0.25) is 0 Å². The van der Waals surface area contributed by atoms with Crippen LogP contribution in [0.3, 0.4) is 0 Å². The van der Waals surface area contributed by atoms with Crippen LogP contribution >= 0.6 is 0 Å². The molecule has 2 aliphatic rings. The molecule has 2 aliphatic heterocycles. The lowest BCUT2D eigenvalue weighted by Gasteiger charge is -2.35. The number of nitrogens with zero attached hydrogens (tertiary/aromatic N) is 4. The van der Waals surface area contributed by atoms with Gasteiger partial charge in [0.25, 0.3) is 0 Å². The van der Waals surface area contributed by atoms with Crippen LogP contribution in [0.5, 0.6) is 0 Å². The Morgan fingerprint density at radius 2 is 1.90 bits per heavy atom. The Hall–Kier alpha value is -2.85. The lowest BCUT2D eigenvalue weighted by Crippen LogP contribution is -2.49. The minimum Gasteiger partial charge on any atom is -0.469 e. The van der Waals surface area contributed by atoms with E-state index in [0.29, 0.717) is 37.3 Å². The Kier molecular flexibility index (Phi) is 6.89. The average molecular weight is 405 g/mol. The molecule has 29 heavy (non-hydrogen) atoms. The molecule has 158 valence electrons. The number of rotatable bonds is 7. The number of carbonyl (C=O) groups excluding carboxylic acids is 2. The van der Waals surface area contributed by atoms with E-state index in [1.807, 2.05) is 0 Å². The maximum Gasteiger partial charge on any atom is 0.414 e. The molecule has 10 heteroatoms. The smallest absolute Gasteiger partial charge is 0.414 e. The Morgan fingerprint density at radius 1 is 1.24 bits per heavy atom. The van der Waals surface area contributed by atoms with Gasteiger partial charge in [-0.15, -0.1) is 0 Å². The van der Waals surface area contributed by atoms with Crippen molar-refractivity contribution >= 4 is 23.6 Å². The second-order valence-electron chi connectivity index (χ2n) is 7.12. The van der Waals surface area contributed by atoms with Crippen molar-refractivity contribution in [1.82, 2.24) is 9.80 Å². The number of piperazine rings is 1. The SMILES string of the molecule is COC(=O)CCN1CCN(CC2CN(c3ccc(C(N)=NO)cc3)C(=O)O2)CC1. The minimum absolute atomic E-state index is 0.0177. The van der Waals surface area contributed by atoms with Crippen LogP contribution in [-0.2, 0) is 14.3 Å². The number of carbonyl (C=O) groups is 2. The summed E-state index contributed by atoms with van der Waals surface area (Å²) < 4.78 is 10.2. The molecule has 1 atom stereocenters. The third kappa shape index (κ3) is 5.36. The predicted molar refractivity (Wildman–Crippen MR) is 106 cm³/mol. The topological polar surface area (TPSA) is 121 Å². The van der Waals surface area contributed by atoms with Crippen molar-refractivity contribution in [2.45, 2.75) is 12.5 Å². The lowest BCUT2D eigenvalue weighted by molar-refractivity contribution is -0.141. The highest BCUT2D eigenvalue weighted by Gasteiger charge is 2.34. The van der Waals surface area contributed by atoms with Crippen molar-refractivity contribution in [3.63, 3.8) is 0 Å². The number of ether oxygens (including phenoxy) is 2. The number of hydrogen-bond donors (Lipinski definition) is 2. The van der Waals surface area contributed by atoms with Crippen molar-refractivity contribution < 1.29 is 24.3 Å². The summed E-state index contributed by atoms with van der Waals surface area (Å²) in [6.45, 7) is 5.33. The molecule has 0 aromatic heterocycles. The fourth-order valence-electron chi connectivity index (χ4n) is 3.53. The lowest BCUT2D eigenvalue weighted by atomic mass is 10.2. The van der Waals surface area contributed by atoms with Crippen LogP contribution in [0, 0.1) is 0 Å². The van der Waals surface area contributed by atoms with E-state index in [9.17, 15) is 9.59 Å². The molecule has 1 amide bonds. The molecule has 0 bridgehead atoms. The average Bonchev–Trinajstić information content (AvgIpc) is 3.12. The summed E-state index contributed by atoms with van der Waals surface area (Å²) in [4.78, 5) is 29.6. The van der Waals surface area contributed by atoms with Crippen LogP contribution in [0.1, 0.15) is 12.0 Å². The van der Waals surface area contributed by atoms with E-state index in [2.05, 4.69) is 19.7 Å². The zero-order chi connectivity index (χ0) is 20.8. The minimum atomic E-state index is -0.372. The van der Waals surface area contributed by atoms with Gasteiger partial charge in [0.1, 0.15) is 6.10 Å². The van der Waals surface area contributed by atoms with E-state index in [1.165, 1.54) is 7.11 Å². The quantitative estimate of drug-likeness (QED) is 0.218. The Morgan fingerprint density at radius 3 is 2.52 bits per heavy atom. The number of benzene rings is 1.